The first-order valence-corrected chi connectivity index (χ1v) is 50.4. The molecule has 0 aliphatic heterocycles. The number of rotatable bonds is 19. The van der Waals surface area contributed by atoms with Crippen molar-refractivity contribution in [3.8, 4) is 67.5 Å². The van der Waals surface area contributed by atoms with Crippen LogP contribution in [0, 0.1) is 17.6 Å². The Labute approximate surface area is 865 Å². The zero-order chi connectivity index (χ0) is 100. The number of fused-ring (bicyclic) bond motifs is 6. The molecular formula is C105H97Cl6F2N31O2. The molecule has 20 aromatic rings. The van der Waals surface area contributed by atoms with E-state index in [1.165, 1.54) is 146 Å². The number of hydrogen-bond acceptors (Lipinski definition) is 25. The van der Waals surface area contributed by atoms with E-state index in [1.807, 2.05) is 98.3 Å². The number of hydrogen-bond donors (Lipinski definition) is 12. The summed E-state index contributed by atoms with van der Waals surface area (Å²) in [5.41, 5.74) is 18.0. The number of nitrogens with zero attached hydrogens (tertiary/aromatic N) is 19. The molecule has 4 fully saturated rings. The van der Waals surface area contributed by atoms with Crippen LogP contribution in [0.25, 0.3) is 135 Å². The molecule has 4 aliphatic carbocycles. The molecule has 0 unspecified atom stereocenters. The smallest absolute Gasteiger partial charge is 0.275 e. The third kappa shape index (κ3) is 25.0. The molecule has 0 bridgehead atoms. The molecule has 1 atom stereocenters. The number of anilines is 6. The van der Waals surface area contributed by atoms with Crippen LogP contribution in [0.3, 0.4) is 0 Å². The van der Waals surface area contributed by atoms with Crippen LogP contribution in [0.2, 0.25) is 30.9 Å². The Balaban J connectivity index is 0.000000111. The number of carbonyl (C=O) groups is 2. The van der Waals surface area contributed by atoms with Crippen LogP contribution in [-0.2, 0) is 4.79 Å². The number of nitrogens with one attached hydrogen (secondary N) is 12. The molecule has 0 spiro atoms. The van der Waals surface area contributed by atoms with Crippen molar-refractivity contribution < 1.29 is 18.4 Å². The summed E-state index contributed by atoms with van der Waals surface area (Å²) in [6.45, 7) is 1.91. The van der Waals surface area contributed by atoms with Gasteiger partial charge >= 0.3 is 0 Å². The van der Waals surface area contributed by atoms with E-state index in [-0.39, 0.29) is 40.4 Å². The molecule has 24 rings (SSSR count). The van der Waals surface area contributed by atoms with Gasteiger partial charge in [-0.2, -0.15) is 0 Å². The largest absolute Gasteiger partial charge is 0.367 e. The fraction of sp³-hybridized carbons (Fsp3) is 0.248. The van der Waals surface area contributed by atoms with Crippen molar-refractivity contribution in [2.24, 2.45) is 5.92 Å². The van der Waals surface area contributed by atoms with Gasteiger partial charge in [0.1, 0.15) is 122 Å². The summed E-state index contributed by atoms with van der Waals surface area (Å²) >= 11 is 35.7. The van der Waals surface area contributed by atoms with Gasteiger partial charge in [-0.1, -0.05) is 195 Å². The number of H-pyrrole nitrogens is 6. The number of aromatic amines is 6. The zero-order valence-electron chi connectivity index (χ0n) is 78.7. The molecule has 19 heterocycles. The number of benzene rings is 1. The predicted molar refractivity (Wildman–Crippen MR) is 570 cm³/mol. The van der Waals surface area contributed by atoms with E-state index in [1.54, 1.807) is 91.8 Å². The van der Waals surface area contributed by atoms with Gasteiger partial charge in [-0.25, -0.2) is 98.5 Å². The van der Waals surface area contributed by atoms with Crippen LogP contribution in [0.4, 0.5) is 43.7 Å². The number of carbonyl (C=O) groups excluding carboxylic acids is 2. The molecule has 12 N–H and O–H groups in total. The highest BCUT2D eigenvalue weighted by atomic mass is 35.5. The van der Waals surface area contributed by atoms with Crippen molar-refractivity contribution in [2.75, 3.05) is 31.9 Å². The predicted octanol–water partition coefficient (Wildman–Crippen LogP) is 25.9. The third-order valence-corrected chi connectivity index (χ3v) is 26.4. The van der Waals surface area contributed by atoms with Gasteiger partial charge in [0.25, 0.3) is 5.91 Å². The first-order valence-electron chi connectivity index (χ1n) is 48.2. The molecule has 4 saturated carbocycles. The summed E-state index contributed by atoms with van der Waals surface area (Å²) in [6.07, 6.45) is 45.9. The summed E-state index contributed by atoms with van der Waals surface area (Å²) in [5, 5.41) is 21.5. The maximum absolute atomic E-state index is 14.4. The van der Waals surface area contributed by atoms with Gasteiger partial charge < -0.3 is 61.8 Å². The molecule has 41 heteroatoms. The molecule has 0 saturated heterocycles. The highest BCUT2D eigenvalue weighted by Crippen LogP contribution is 2.38. The van der Waals surface area contributed by atoms with E-state index in [9.17, 15) is 18.4 Å². The van der Waals surface area contributed by atoms with Gasteiger partial charge in [-0.15, -0.1) is 0 Å². The quantitative estimate of drug-likeness (QED) is 0.0335. The topological polar surface area (TPSA) is 446 Å². The molecule has 1 aromatic carbocycles. The monoisotopic (exact) mass is 2070 g/mol. The Kier molecular flexibility index (Phi) is 32.1. The summed E-state index contributed by atoms with van der Waals surface area (Å²) in [7, 11) is 0. The van der Waals surface area contributed by atoms with Crippen LogP contribution in [-0.4, -0.2) is 155 Å². The third-order valence-electron chi connectivity index (χ3n) is 25.3. The minimum Gasteiger partial charge on any atom is -0.367 e. The summed E-state index contributed by atoms with van der Waals surface area (Å²) in [5.74, 6) is 3.23. The second-order valence-corrected chi connectivity index (χ2v) is 37.8. The van der Waals surface area contributed by atoms with E-state index >= 15 is 0 Å². The lowest BCUT2D eigenvalue weighted by atomic mass is 9.89. The average molecular weight is 2080 g/mol. The lowest BCUT2D eigenvalue weighted by molar-refractivity contribution is -0.120. The molecule has 33 nitrogen and oxygen atoms in total. The van der Waals surface area contributed by atoms with Crippen LogP contribution in [0.15, 0.2) is 226 Å². The van der Waals surface area contributed by atoms with Crippen molar-refractivity contribution >= 4 is 183 Å². The van der Waals surface area contributed by atoms with Gasteiger partial charge in [-0.05, 0) is 161 Å². The van der Waals surface area contributed by atoms with Crippen LogP contribution in [0.1, 0.15) is 157 Å². The molecule has 146 heavy (non-hydrogen) atoms. The SMILES string of the molecule is C[C@H](Nc1ccc(F)c(-c2c[nH]c3ncc(Cl)nc23)n1)c1ccc(F)cc1.Clc1cnc2[nH]cc(-c3cccc(NC4CCCC4)n3)c2n1.Clc1cnc2[nH]cc(-c3cccc(NC4CCCCC4)n3)c2n1.Clc1cnc2[nH]cc(-c3cccc(NC4CCCCCC4)n3)c2n1.O=C(Nc1cccc(-c2c[nH]c3ncc(Cl)nc23)n1)C1CCCCC1.O=C(Nc1cccc(-c2c[nH]c3ncc(Cl)nc23)n1)c1ccccn1. The van der Waals surface area contributed by atoms with E-state index in [4.69, 9.17) is 84.6 Å². The van der Waals surface area contributed by atoms with E-state index in [2.05, 4.69) is 142 Å². The fourth-order valence-corrected chi connectivity index (χ4v) is 18.9. The van der Waals surface area contributed by atoms with Crippen LogP contribution < -0.4 is 31.9 Å². The number of halogens is 8. The van der Waals surface area contributed by atoms with E-state index in [0.717, 1.165) is 127 Å². The minimum atomic E-state index is -0.488. The Morgan fingerprint density at radius 2 is 0.630 bits per heavy atom. The summed E-state index contributed by atoms with van der Waals surface area (Å²) in [6, 6.07) is 44.6. The molecular weight excluding hydrogens is 1980 g/mol. The molecule has 740 valence electrons. The fourth-order valence-electron chi connectivity index (χ4n) is 18.1. The number of aromatic nitrogens is 25. The molecule has 2 amide bonds. The van der Waals surface area contributed by atoms with Gasteiger partial charge in [-0.3, -0.25) is 14.6 Å². The molecule has 19 aromatic heterocycles. The first-order chi connectivity index (χ1) is 71.3. The van der Waals surface area contributed by atoms with Crippen molar-refractivity contribution in [1.29, 1.82) is 0 Å². The van der Waals surface area contributed by atoms with Crippen molar-refractivity contribution in [3.63, 3.8) is 0 Å². The normalized spacial score (nSPS) is 14.3. The van der Waals surface area contributed by atoms with Gasteiger partial charge in [0.15, 0.2) is 33.9 Å². The van der Waals surface area contributed by atoms with Gasteiger partial charge in [0.05, 0.1) is 65.7 Å². The minimum absolute atomic E-state index is 0.0612. The molecule has 0 radical (unpaired) electrons. The lowest BCUT2D eigenvalue weighted by Gasteiger charge is -2.23. The van der Waals surface area contributed by atoms with Crippen LogP contribution >= 0.6 is 69.6 Å². The van der Waals surface area contributed by atoms with Crippen molar-refractivity contribution in [1.82, 2.24) is 125 Å². The highest BCUT2D eigenvalue weighted by Gasteiger charge is 2.26. The Bertz CT molecular complexity index is 7940. The average Bonchev–Trinajstić information content (AvgIpc) is 1.54. The van der Waals surface area contributed by atoms with Crippen molar-refractivity contribution in [3.05, 3.63) is 280 Å². The zero-order valence-corrected chi connectivity index (χ0v) is 83.3. The molecule has 4 aliphatic rings. The van der Waals surface area contributed by atoms with Gasteiger partial charge in [0, 0.05) is 107 Å². The van der Waals surface area contributed by atoms with E-state index in [0.29, 0.717) is 117 Å². The number of amides is 2. The maximum Gasteiger partial charge on any atom is 0.275 e. The highest BCUT2D eigenvalue weighted by molar-refractivity contribution is 6.31. The lowest BCUT2D eigenvalue weighted by Crippen LogP contribution is -2.25. The first kappa shape index (κ1) is 99.5. The standard InChI is InChI=1S/C19H14ClF2N5.C18H18ClN5O.C18H20ClN5.C17H11ClN6O.C17H18ClN5.C16H16ClN5/c1-10(11-2-4-12(21)5-3-11)25-16-7-6-14(22)17(27-16)13-8-23-19-18(13)26-15(20)9-24-19;19-14-10-21-17-16(23-14)12(9-20-17)13-7-4-8-15(22-13)24-18(25)11-5-2-1-3-6-11;19-15-11-21-18-17(24-15)13(10-20-18)14-8-5-9-16(23-14)22-12-6-3-1-2-4-7-12;18-13-9-21-16-15(23-13)10(8-20-16)11-5-3-6-14(22-11)24-17(25)12-4-1-2-7-19-12;18-14-10-20-17-16(23-14)12(9-19-17)13-7-4-8-15(22-13)21-11-5-2-1-3-6-11;17-13-9-19-16-15(22-13)11(8-18-16)12-6-3-7-14(21-12)20-10-4-1-2-5-10/h2-10H,1H3,(H,23,24)(H,25,27);4,7-11H,1-3,5-6H2,(H,20,21)(H,22,24,25);5,8-12H,1-4,6-7H2,(H,20,21)(H,22,23);1-9H,(H,20,21)(H,22,24,25);4,7-11H,1-3,5-6H2,(H,19,20)(H,21,22);3,6-10H,1-2,4-5H2,(H,18,19)(H,20,21)/t10-;;;;;/m0...../s1. The number of pyridine rings is 7. The Hall–Kier alpha value is -15.3. The Morgan fingerprint density at radius 1 is 0.315 bits per heavy atom. The maximum atomic E-state index is 14.4. The van der Waals surface area contributed by atoms with Gasteiger partial charge in [0.2, 0.25) is 5.91 Å². The second kappa shape index (κ2) is 47.1. The van der Waals surface area contributed by atoms with E-state index < -0.39 is 5.82 Å². The Morgan fingerprint density at radius 3 is 0.986 bits per heavy atom. The van der Waals surface area contributed by atoms with Crippen LogP contribution in [0.5, 0.6) is 0 Å². The summed E-state index contributed by atoms with van der Waals surface area (Å²) < 4.78 is 27.5. The van der Waals surface area contributed by atoms with Crippen molar-refractivity contribution in [2.45, 2.75) is 160 Å². The summed E-state index contributed by atoms with van der Waals surface area (Å²) in [4.78, 5) is 126. The second-order valence-electron chi connectivity index (χ2n) is 35.5.